The van der Waals surface area contributed by atoms with E-state index in [0.717, 1.165) is 5.56 Å². The summed E-state index contributed by atoms with van der Waals surface area (Å²) in [5.41, 5.74) is 1.41. The van der Waals surface area contributed by atoms with Crippen LogP contribution in [0, 0.1) is 5.82 Å². The number of methoxy groups -OCH3 is 1. The number of carbonyl (C=O) groups excluding carboxylic acids is 1. The predicted molar refractivity (Wildman–Crippen MR) is 108 cm³/mol. The predicted octanol–water partition coefficient (Wildman–Crippen LogP) is 4.63. The van der Waals surface area contributed by atoms with Crippen LogP contribution in [0.5, 0.6) is 11.5 Å². The first kappa shape index (κ1) is 20.1. The molecule has 6 nitrogen and oxygen atoms in total. The molecule has 2 aromatic carbocycles. The highest BCUT2D eigenvalue weighted by molar-refractivity contribution is 8.00. The summed E-state index contributed by atoms with van der Waals surface area (Å²) in [7, 11) is 1.52. The molecule has 0 radical (unpaired) electrons. The third-order valence-corrected chi connectivity index (χ3v) is 5.67. The molecule has 0 atom stereocenters. The maximum absolute atomic E-state index is 12.9. The number of ether oxygens (including phenoxy) is 2. The first-order valence-corrected chi connectivity index (χ1v) is 10.2. The molecular formula is C19H18FN3O3S2. The van der Waals surface area contributed by atoms with Crippen LogP contribution >= 0.6 is 23.1 Å². The number of thioether (sulfide) groups is 1. The van der Waals surface area contributed by atoms with Gasteiger partial charge in [-0.2, -0.15) is 0 Å². The van der Waals surface area contributed by atoms with Crippen LogP contribution in [-0.4, -0.2) is 29.8 Å². The molecule has 3 aromatic rings. The Kier molecular flexibility index (Phi) is 6.83. The number of nitrogens with zero attached hydrogens (tertiary/aromatic N) is 2. The van der Waals surface area contributed by atoms with Crippen LogP contribution in [0.15, 0.2) is 46.8 Å². The monoisotopic (exact) mass is 419 g/mol. The Hall–Kier alpha value is -2.65. The largest absolute Gasteiger partial charge is 0.493 e. The normalized spacial score (nSPS) is 10.5. The van der Waals surface area contributed by atoms with Gasteiger partial charge in [0.2, 0.25) is 5.13 Å². The molecule has 3 rings (SSSR count). The van der Waals surface area contributed by atoms with Crippen molar-refractivity contribution in [1.29, 1.82) is 0 Å². The number of carbonyl (C=O) groups is 1. The lowest BCUT2D eigenvalue weighted by Gasteiger charge is -2.10. The van der Waals surface area contributed by atoms with Crippen molar-refractivity contribution < 1.29 is 18.7 Å². The Morgan fingerprint density at radius 2 is 1.96 bits per heavy atom. The summed E-state index contributed by atoms with van der Waals surface area (Å²) in [6.45, 7) is 2.38. The molecular weight excluding hydrogens is 401 g/mol. The highest BCUT2D eigenvalue weighted by Gasteiger charge is 2.14. The van der Waals surface area contributed by atoms with Gasteiger partial charge >= 0.3 is 0 Å². The van der Waals surface area contributed by atoms with Gasteiger partial charge in [0.25, 0.3) is 5.91 Å². The topological polar surface area (TPSA) is 73.3 Å². The molecule has 1 heterocycles. The standard InChI is InChI=1S/C19H18FN3O3S2/c1-3-26-15-9-6-13(10-16(15)25-2)17(24)21-18-22-23-19(28-18)27-11-12-4-7-14(20)8-5-12/h4-10H,3,11H2,1-2H3,(H,21,22,24). The SMILES string of the molecule is CCOc1ccc(C(=O)Nc2nnc(SCc3ccc(F)cc3)s2)cc1OC. The number of amides is 1. The van der Waals surface area contributed by atoms with Gasteiger partial charge < -0.3 is 9.47 Å². The molecule has 0 aliphatic heterocycles. The van der Waals surface area contributed by atoms with Gasteiger partial charge in [-0.05, 0) is 42.8 Å². The van der Waals surface area contributed by atoms with Crippen LogP contribution in [0.1, 0.15) is 22.8 Å². The Morgan fingerprint density at radius 3 is 2.68 bits per heavy atom. The smallest absolute Gasteiger partial charge is 0.257 e. The summed E-state index contributed by atoms with van der Waals surface area (Å²) in [5.74, 6) is 1.13. The van der Waals surface area contributed by atoms with Crippen LogP contribution < -0.4 is 14.8 Å². The first-order valence-electron chi connectivity index (χ1n) is 8.42. The molecule has 0 saturated heterocycles. The summed E-state index contributed by atoms with van der Waals surface area (Å²) in [4.78, 5) is 12.5. The molecule has 0 spiro atoms. The van der Waals surface area contributed by atoms with E-state index in [4.69, 9.17) is 9.47 Å². The molecule has 9 heteroatoms. The minimum absolute atomic E-state index is 0.263. The summed E-state index contributed by atoms with van der Waals surface area (Å²) >= 11 is 2.75. The van der Waals surface area contributed by atoms with E-state index in [9.17, 15) is 9.18 Å². The Morgan fingerprint density at radius 1 is 1.18 bits per heavy atom. The van der Waals surface area contributed by atoms with E-state index in [0.29, 0.717) is 38.9 Å². The third-order valence-electron chi connectivity index (χ3n) is 3.63. The van der Waals surface area contributed by atoms with Crippen molar-refractivity contribution in [1.82, 2.24) is 10.2 Å². The lowest BCUT2D eigenvalue weighted by atomic mass is 10.2. The lowest BCUT2D eigenvalue weighted by molar-refractivity contribution is 0.102. The number of rotatable bonds is 8. The number of hydrogen-bond donors (Lipinski definition) is 1. The van der Waals surface area contributed by atoms with Gasteiger partial charge in [0, 0.05) is 11.3 Å². The number of halogens is 1. The average Bonchev–Trinajstić information content (AvgIpc) is 3.15. The van der Waals surface area contributed by atoms with E-state index in [2.05, 4.69) is 15.5 Å². The fourth-order valence-electron chi connectivity index (χ4n) is 2.30. The van der Waals surface area contributed by atoms with E-state index in [-0.39, 0.29) is 11.7 Å². The van der Waals surface area contributed by atoms with E-state index >= 15 is 0 Å². The minimum atomic E-state index is -0.312. The maximum atomic E-state index is 12.9. The van der Waals surface area contributed by atoms with Crippen LogP contribution in [0.3, 0.4) is 0 Å². The summed E-state index contributed by atoms with van der Waals surface area (Å²) in [5, 5.41) is 11.2. The van der Waals surface area contributed by atoms with Crippen LogP contribution in [0.2, 0.25) is 0 Å². The highest BCUT2D eigenvalue weighted by Crippen LogP contribution is 2.30. The van der Waals surface area contributed by atoms with Crippen molar-refractivity contribution in [2.45, 2.75) is 17.0 Å². The van der Waals surface area contributed by atoms with Crippen molar-refractivity contribution in [3.8, 4) is 11.5 Å². The molecule has 0 unspecified atom stereocenters. The van der Waals surface area contributed by atoms with Gasteiger partial charge in [-0.15, -0.1) is 10.2 Å². The summed E-state index contributed by atoms with van der Waals surface area (Å²) in [6, 6.07) is 11.3. The van der Waals surface area contributed by atoms with E-state index in [1.54, 1.807) is 30.3 Å². The lowest BCUT2D eigenvalue weighted by Crippen LogP contribution is -2.12. The fraction of sp³-hybridized carbons (Fsp3) is 0.211. The van der Waals surface area contributed by atoms with Crippen molar-refractivity contribution in [2.75, 3.05) is 19.0 Å². The van der Waals surface area contributed by atoms with E-state index < -0.39 is 0 Å². The molecule has 1 aromatic heterocycles. The van der Waals surface area contributed by atoms with Gasteiger partial charge in [0.05, 0.1) is 13.7 Å². The molecule has 0 aliphatic carbocycles. The van der Waals surface area contributed by atoms with Crippen LogP contribution in [-0.2, 0) is 5.75 Å². The molecule has 0 fully saturated rings. The fourth-order valence-corrected chi connectivity index (χ4v) is 4.00. The highest BCUT2D eigenvalue weighted by atomic mass is 32.2. The number of hydrogen-bond acceptors (Lipinski definition) is 7. The number of anilines is 1. The van der Waals surface area contributed by atoms with Crippen LogP contribution in [0.25, 0.3) is 0 Å². The van der Waals surface area contributed by atoms with Crippen molar-refractivity contribution >= 4 is 34.1 Å². The van der Waals surface area contributed by atoms with Gasteiger partial charge in [-0.1, -0.05) is 35.2 Å². The Labute approximate surface area is 170 Å². The molecule has 0 aliphatic rings. The van der Waals surface area contributed by atoms with Crippen molar-refractivity contribution in [3.63, 3.8) is 0 Å². The summed E-state index contributed by atoms with van der Waals surface area (Å²) < 4.78 is 24.4. The molecule has 146 valence electrons. The molecule has 0 bridgehead atoms. The van der Waals surface area contributed by atoms with E-state index in [1.165, 1.54) is 42.3 Å². The second kappa shape index (κ2) is 9.52. The first-order chi connectivity index (χ1) is 13.6. The zero-order valence-electron chi connectivity index (χ0n) is 15.3. The Bertz CT molecular complexity index is 948. The second-order valence-corrected chi connectivity index (χ2v) is 7.74. The molecule has 0 saturated carbocycles. The number of nitrogens with one attached hydrogen (secondary N) is 1. The average molecular weight is 420 g/mol. The van der Waals surface area contributed by atoms with Gasteiger partial charge in [0.15, 0.2) is 15.8 Å². The Balaban J connectivity index is 1.61. The minimum Gasteiger partial charge on any atom is -0.493 e. The zero-order chi connectivity index (χ0) is 19.9. The molecule has 1 N–H and O–H groups in total. The van der Waals surface area contributed by atoms with Gasteiger partial charge in [-0.25, -0.2) is 4.39 Å². The molecule has 1 amide bonds. The third kappa shape index (κ3) is 5.20. The van der Waals surface area contributed by atoms with Crippen LogP contribution in [0.4, 0.5) is 9.52 Å². The number of benzene rings is 2. The van der Waals surface area contributed by atoms with Crippen molar-refractivity contribution in [2.24, 2.45) is 0 Å². The molecule has 28 heavy (non-hydrogen) atoms. The maximum Gasteiger partial charge on any atom is 0.257 e. The number of aromatic nitrogens is 2. The quantitative estimate of drug-likeness (QED) is 0.424. The second-order valence-electron chi connectivity index (χ2n) is 5.54. The van der Waals surface area contributed by atoms with Gasteiger partial charge in [-0.3, -0.25) is 10.1 Å². The van der Waals surface area contributed by atoms with Gasteiger partial charge in [0.1, 0.15) is 5.82 Å². The van der Waals surface area contributed by atoms with Crippen molar-refractivity contribution in [3.05, 3.63) is 59.4 Å². The summed E-state index contributed by atoms with van der Waals surface area (Å²) in [6.07, 6.45) is 0. The zero-order valence-corrected chi connectivity index (χ0v) is 16.9. The van der Waals surface area contributed by atoms with E-state index in [1.807, 2.05) is 6.92 Å².